The molecule has 2 atom stereocenters. The summed E-state index contributed by atoms with van der Waals surface area (Å²) in [6, 6.07) is 6.97. The predicted molar refractivity (Wildman–Crippen MR) is 140 cm³/mol. The Morgan fingerprint density at radius 1 is 1.16 bits per heavy atom. The van der Waals surface area contributed by atoms with Crippen LogP contribution in [0, 0.1) is 5.82 Å². The predicted octanol–water partition coefficient (Wildman–Crippen LogP) is 2.84. The first-order valence-electron chi connectivity index (χ1n) is 11.7. The van der Waals surface area contributed by atoms with Gasteiger partial charge in [-0.25, -0.2) is 22.8 Å². The SMILES string of the molecule is CC(C)c1nc(N(c2ccnn2C)S(C)(=O)=O)nc(-c2ccc(F)cc2)c1C=C[C@@H](O)C[C@@H](O)CC(=O)O. The Balaban J connectivity index is 2.22. The number of hydrogen-bond donors (Lipinski definition) is 3. The molecule has 2 heterocycles. The highest BCUT2D eigenvalue weighted by atomic mass is 32.2. The Morgan fingerprint density at radius 2 is 1.82 bits per heavy atom. The van der Waals surface area contributed by atoms with E-state index in [0.717, 1.165) is 10.6 Å². The van der Waals surface area contributed by atoms with Crippen molar-refractivity contribution in [2.75, 3.05) is 10.6 Å². The van der Waals surface area contributed by atoms with E-state index in [2.05, 4.69) is 15.1 Å². The second-order valence-corrected chi connectivity index (χ2v) is 10.9. The summed E-state index contributed by atoms with van der Waals surface area (Å²) in [6.07, 6.45) is 2.18. The fourth-order valence-electron chi connectivity index (χ4n) is 3.83. The molecule has 0 saturated carbocycles. The topological polar surface area (TPSA) is 159 Å². The molecule has 204 valence electrons. The van der Waals surface area contributed by atoms with Crippen molar-refractivity contribution in [3.05, 3.63) is 59.7 Å². The van der Waals surface area contributed by atoms with E-state index in [4.69, 9.17) is 5.11 Å². The lowest BCUT2D eigenvalue weighted by atomic mass is 9.97. The first-order valence-corrected chi connectivity index (χ1v) is 13.5. The normalized spacial score (nSPS) is 13.7. The quantitative estimate of drug-likeness (QED) is 0.328. The van der Waals surface area contributed by atoms with Gasteiger partial charge >= 0.3 is 5.97 Å². The number of aryl methyl sites for hydroxylation is 1. The summed E-state index contributed by atoms with van der Waals surface area (Å²) in [5.41, 5.74) is 1.64. The van der Waals surface area contributed by atoms with Gasteiger partial charge in [0.1, 0.15) is 11.6 Å². The number of nitrogens with zero attached hydrogens (tertiary/aromatic N) is 5. The molecule has 0 amide bonds. The van der Waals surface area contributed by atoms with Gasteiger partial charge in [0, 0.05) is 30.7 Å². The van der Waals surface area contributed by atoms with Crippen molar-refractivity contribution in [1.29, 1.82) is 0 Å². The van der Waals surface area contributed by atoms with E-state index in [1.165, 1.54) is 53.4 Å². The number of carbonyl (C=O) groups is 1. The van der Waals surface area contributed by atoms with Crippen molar-refractivity contribution in [3.8, 4) is 11.3 Å². The number of carboxylic acids is 1. The molecule has 0 radical (unpaired) electrons. The summed E-state index contributed by atoms with van der Waals surface area (Å²) in [5.74, 6) is -1.84. The number of hydrogen-bond acceptors (Lipinski definition) is 8. The van der Waals surface area contributed by atoms with Crippen LogP contribution >= 0.6 is 0 Å². The van der Waals surface area contributed by atoms with Crippen LogP contribution in [0.2, 0.25) is 0 Å². The number of halogens is 1. The van der Waals surface area contributed by atoms with E-state index in [1.807, 2.05) is 13.8 Å². The van der Waals surface area contributed by atoms with Crippen LogP contribution in [-0.2, 0) is 21.9 Å². The number of aliphatic hydroxyl groups is 2. The molecule has 3 rings (SSSR count). The lowest BCUT2D eigenvalue weighted by Gasteiger charge is -2.23. The molecule has 38 heavy (non-hydrogen) atoms. The van der Waals surface area contributed by atoms with Gasteiger partial charge in [0.15, 0.2) is 0 Å². The molecule has 0 saturated heterocycles. The molecule has 11 nitrogen and oxygen atoms in total. The second-order valence-electron chi connectivity index (χ2n) is 9.09. The van der Waals surface area contributed by atoms with Crippen molar-refractivity contribution in [2.45, 2.75) is 44.8 Å². The van der Waals surface area contributed by atoms with Crippen molar-refractivity contribution >= 4 is 33.8 Å². The van der Waals surface area contributed by atoms with Gasteiger partial charge in [0.25, 0.3) is 0 Å². The number of sulfonamides is 1. The van der Waals surface area contributed by atoms with E-state index in [1.54, 1.807) is 7.05 Å². The number of carboxylic acid groups (broad SMARTS) is 1. The highest BCUT2D eigenvalue weighted by molar-refractivity contribution is 7.92. The van der Waals surface area contributed by atoms with Gasteiger partial charge in [0.05, 0.1) is 42.5 Å². The Hall–Kier alpha value is -3.68. The Morgan fingerprint density at radius 3 is 2.34 bits per heavy atom. The lowest BCUT2D eigenvalue weighted by Crippen LogP contribution is -2.29. The van der Waals surface area contributed by atoms with Crippen molar-refractivity contribution in [3.63, 3.8) is 0 Å². The molecule has 1 aromatic carbocycles. The van der Waals surface area contributed by atoms with Gasteiger partial charge in [-0.15, -0.1) is 0 Å². The molecule has 0 spiro atoms. The number of aromatic nitrogens is 4. The number of benzene rings is 1. The number of aliphatic hydroxyl groups excluding tert-OH is 2. The zero-order valence-electron chi connectivity index (χ0n) is 21.4. The molecule has 13 heteroatoms. The van der Waals surface area contributed by atoms with Crippen LogP contribution in [0.3, 0.4) is 0 Å². The van der Waals surface area contributed by atoms with E-state index in [9.17, 15) is 27.8 Å². The average molecular weight is 548 g/mol. The minimum atomic E-state index is -3.92. The zero-order chi connectivity index (χ0) is 28.2. The van der Waals surface area contributed by atoms with E-state index >= 15 is 0 Å². The smallest absolute Gasteiger partial charge is 0.305 e. The first-order chi connectivity index (χ1) is 17.8. The lowest BCUT2D eigenvalue weighted by molar-refractivity contribution is -0.139. The summed E-state index contributed by atoms with van der Waals surface area (Å²) in [5, 5.41) is 33.2. The summed E-state index contributed by atoms with van der Waals surface area (Å²) >= 11 is 0. The van der Waals surface area contributed by atoms with Crippen LogP contribution in [0.15, 0.2) is 42.6 Å². The molecule has 3 N–H and O–H groups in total. The van der Waals surface area contributed by atoms with Gasteiger partial charge in [0.2, 0.25) is 16.0 Å². The van der Waals surface area contributed by atoms with Crippen molar-refractivity contribution < 1.29 is 32.9 Å². The molecule has 2 aromatic heterocycles. The van der Waals surface area contributed by atoms with Crippen LogP contribution < -0.4 is 4.31 Å². The summed E-state index contributed by atoms with van der Waals surface area (Å²) in [4.78, 5) is 20.0. The van der Waals surface area contributed by atoms with E-state index < -0.39 is 40.4 Å². The standard InChI is InChI=1S/C25H30FN5O6S/c1-15(2)23-20(10-9-18(32)13-19(33)14-22(34)35)24(16-5-7-17(26)8-6-16)29-25(28-23)31(38(4,36)37)21-11-12-27-30(21)3/h5-12,15,18-19,32-33H,13-14H2,1-4H3,(H,34,35)/t18-,19-/m1/s1. The largest absolute Gasteiger partial charge is 0.481 e. The minimum Gasteiger partial charge on any atom is -0.481 e. The van der Waals surface area contributed by atoms with E-state index in [-0.39, 0.29) is 29.8 Å². The van der Waals surface area contributed by atoms with Crippen LogP contribution in [0.1, 0.15) is 43.9 Å². The average Bonchev–Trinajstić information content (AvgIpc) is 3.21. The van der Waals surface area contributed by atoms with Crippen molar-refractivity contribution in [1.82, 2.24) is 19.7 Å². The molecule has 0 unspecified atom stereocenters. The highest BCUT2D eigenvalue weighted by Gasteiger charge is 2.28. The van der Waals surface area contributed by atoms with Gasteiger partial charge in [-0.1, -0.05) is 26.0 Å². The van der Waals surface area contributed by atoms with Gasteiger partial charge < -0.3 is 15.3 Å². The molecule has 0 aliphatic carbocycles. The van der Waals surface area contributed by atoms with Gasteiger partial charge in [-0.3, -0.25) is 9.48 Å². The maximum Gasteiger partial charge on any atom is 0.305 e. The number of aliphatic carboxylic acids is 1. The maximum absolute atomic E-state index is 13.7. The van der Waals surface area contributed by atoms with Crippen LogP contribution in [0.5, 0.6) is 0 Å². The van der Waals surface area contributed by atoms with Crippen LogP contribution in [0.4, 0.5) is 16.2 Å². The number of rotatable bonds is 11. The summed E-state index contributed by atoms with van der Waals surface area (Å²) in [7, 11) is -2.34. The Bertz CT molecular complexity index is 1420. The highest BCUT2D eigenvalue weighted by Crippen LogP contribution is 2.34. The monoisotopic (exact) mass is 547 g/mol. The molecule has 0 bridgehead atoms. The Labute approximate surface area is 220 Å². The number of anilines is 2. The molecule has 0 aliphatic rings. The zero-order valence-corrected chi connectivity index (χ0v) is 22.2. The van der Waals surface area contributed by atoms with Crippen LogP contribution in [-0.4, -0.2) is 67.9 Å². The molecular weight excluding hydrogens is 517 g/mol. The van der Waals surface area contributed by atoms with Gasteiger partial charge in [-0.05, 0) is 30.2 Å². The fraction of sp³-hybridized carbons (Fsp3) is 0.360. The van der Waals surface area contributed by atoms with Gasteiger partial charge in [-0.2, -0.15) is 9.40 Å². The summed E-state index contributed by atoms with van der Waals surface area (Å²) < 4.78 is 41.8. The third-order valence-electron chi connectivity index (χ3n) is 5.55. The third-order valence-corrected chi connectivity index (χ3v) is 6.57. The van der Waals surface area contributed by atoms with Crippen molar-refractivity contribution in [2.24, 2.45) is 7.05 Å². The molecular formula is C25H30FN5O6S. The molecule has 0 aliphatic heterocycles. The maximum atomic E-state index is 13.7. The minimum absolute atomic E-state index is 0.145. The molecule has 0 fully saturated rings. The summed E-state index contributed by atoms with van der Waals surface area (Å²) in [6.45, 7) is 3.69. The fourth-order valence-corrected chi connectivity index (χ4v) is 4.73. The second kappa shape index (κ2) is 11.8. The molecule has 3 aromatic rings. The Kier molecular flexibility index (Phi) is 8.97. The third kappa shape index (κ3) is 7.00. The first kappa shape index (κ1) is 28.9. The van der Waals surface area contributed by atoms with Crippen LogP contribution in [0.25, 0.3) is 17.3 Å². The van der Waals surface area contributed by atoms with E-state index in [0.29, 0.717) is 16.8 Å².